The molecule has 0 saturated heterocycles. The topological polar surface area (TPSA) is 64.0 Å². The van der Waals surface area contributed by atoms with Gasteiger partial charge < -0.3 is 0 Å². The summed E-state index contributed by atoms with van der Waals surface area (Å²) in [5.41, 5.74) is 0. The second-order valence-corrected chi connectivity index (χ2v) is 5.74. The highest BCUT2D eigenvalue weighted by Gasteiger charge is 2.17. The van der Waals surface area contributed by atoms with Gasteiger partial charge in [-0.05, 0) is 27.7 Å². The van der Waals surface area contributed by atoms with Crippen molar-refractivity contribution in [3.8, 4) is 0 Å². The van der Waals surface area contributed by atoms with Gasteiger partial charge >= 0.3 is 0 Å². The molecule has 0 radical (unpaired) electrons. The normalized spacial score (nSPS) is 12.7. The second-order valence-electron chi connectivity index (χ2n) is 4.03. The smallest absolute Gasteiger partial charge is 0.243 e. The third-order valence-corrected chi connectivity index (χ3v) is 3.42. The van der Waals surface area contributed by atoms with Crippen LogP contribution in [0.5, 0.6) is 0 Å². The van der Waals surface area contributed by atoms with Crippen LogP contribution in [-0.4, -0.2) is 24.2 Å². The van der Waals surface area contributed by atoms with E-state index in [2.05, 4.69) is 9.82 Å². The Hall–Kier alpha value is -0.880. The maximum atomic E-state index is 11.7. The minimum atomic E-state index is -3.41. The molecule has 0 spiro atoms. The van der Waals surface area contributed by atoms with Crippen molar-refractivity contribution in [2.45, 2.75) is 44.7 Å². The molecule has 0 aromatic carbocycles. The first-order valence-corrected chi connectivity index (χ1v) is 6.37. The fraction of sp³-hybridized carbons (Fsp3) is 0.667. The molecular weight excluding hydrogens is 214 g/mol. The Morgan fingerprint density at radius 1 is 1.33 bits per heavy atom. The number of nitrogens with zero attached hydrogens (tertiary/aromatic N) is 2. The van der Waals surface area contributed by atoms with Crippen LogP contribution in [0.15, 0.2) is 17.3 Å². The van der Waals surface area contributed by atoms with Gasteiger partial charge in [-0.25, -0.2) is 13.1 Å². The molecule has 1 aromatic rings. The fourth-order valence-electron chi connectivity index (χ4n) is 1.12. The van der Waals surface area contributed by atoms with Gasteiger partial charge in [-0.1, -0.05) is 0 Å². The number of sulfonamides is 1. The predicted molar refractivity (Wildman–Crippen MR) is 58.1 cm³/mol. The SMILES string of the molecule is CC(C)NS(=O)(=O)c1cnn(C(C)C)c1. The van der Waals surface area contributed by atoms with Crippen LogP contribution >= 0.6 is 0 Å². The maximum absolute atomic E-state index is 11.7. The van der Waals surface area contributed by atoms with Gasteiger partial charge in [0.1, 0.15) is 4.90 Å². The van der Waals surface area contributed by atoms with E-state index in [9.17, 15) is 8.42 Å². The summed E-state index contributed by atoms with van der Waals surface area (Å²) in [4.78, 5) is 0.213. The van der Waals surface area contributed by atoms with Crippen LogP contribution in [0.2, 0.25) is 0 Å². The lowest BCUT2D eigenvalue weighted by Crippen LogP contribution is -2.29. The zero-order chi connectivity index (χ0) is 11.6. The van der Waals surface area contributed by atoms with E-state index in [1.807, 2.05) is 13.8 Å². The predicted octanol–water partition coefficient (Wildman–Crippen LogP) is 1.15. The van der Waals surface area contributed by atoms with Gasteiger partial charge in [0.15, 0.2) is 0 Å². The Morgan fingerprint density at radius 3 is 2.33 bits per heavy atom. The zero-order valence-corrected chi connectivity index (χ0v) is 10.2. The summed E-state index contributed by atoms with van der Waals surface area (Å²) >= 11 is 0. The molecule has 0 amide bonds. The van der Waals surface area contributed by atoms with Gasteiger partial charge in [-0.2, -0.15) is 5.10 Å². The van der Waals surface area contributed by atoms with Crippen LogP contribution in [0, 0.1) is 0 Å². The van der Waals surface area contributed by atoms with E-state index in [4.69, 9.17) is 0 Å². The minimum absolute atomic E-state index is 0.114. The number of aromatic nitrogens is 2. The van der Waals surface area contributed by atoms with E-state index in [-0.39, 0.29) is 17.0 Å². The third-order valence-electron chi connectivity index (χ3n) is 1.81. The number of hydrogen-bond donors (Lipinski definition) is 1. The van der Waals surface area contributed by atoms with Crippen molar-refractivity contribution >= 4 is 10.0 Å². The molecule has 0 aliphatic heterocycles. The quantitative estimate of drug-likeness (QED) is 0.845. The Morgan fingerprint density at radius 2 is 1.93 bits per heavy atom. The third kappa shape index (κ3) is 3.04. The highest BCUT2D eigenvalue weighted by Crippen LogP contribution is 2.11. The number of nitrogens with one attached hydrogen (secondary N) is 1. The Bertz CT molecular complexity index is 420. The van der Waals surface area contributed by atoms with Crippen LogP contribution in [0.4, 0.5) is 0 Å². The average Bonchev–Trinajstić information content (AvgIpc) is 2.48. The molecule has 0 aliphatic rings. The zero-order valence-electron chi connectivity index (χ0n) is 9.43. The van der Waals surface area contributed by atoms with Crippen LogP contribution < -0.4 is 4.72 Å². The molecule has 1 heterocycles. The van der Waals surface area contributed by atoms with E-state index in [0.29, 0.717) is 0 Å². The molecule has 0 aliphatic carbocycles. The first-order chi connectivity index (χ1) is 6.83. The molecule has 0 atom stereocenters. The molecular formula is C9H17N3O2S. The van der Waals surface area contributed by atoms with E-state index in [0.717, 1.165) is 0 Å². The molecule has 6 heteroatoms. The first-order valence-electron chi connectivity index (χ1n) is 4.89. The van der Waals surface area contributed by atoms with Gasteiger partial charge in [-0.15, -0.1) is 0 Å². The summed E-state index contributed by atoms with van der Waals surface area (Å²) in [6, 6.07) is 0.0467. The van der Waals surface area contributed by atoms with Crippen LogP contribution in [0.3, 0.4) is 0 Å². The second kappa shape index (κ2) is 4.32. The molecule has 0 fully saturated rings. The van der Waals surface area contributed by atoms with E-state index in [1.165, 1.54) is 12.4 Å². The molecule has 15 heavy (non-hydrogen) atoms. The van der Waals surface area contributed by atoms with E-state index in [1.54, 1.807) is 18.5 Å². The summed E-state index contributed by atoms with van der Waals surface area (Å²) < 4.78 is 27.6. The lowest BCUT2D eigenvalue weighted by Gasteiger charge is -2.07. The summed E-state index contributed by atoms with van der Waals surface area (Å²) in [6.45, 7) is 7.45. The van der Waals surface area contributed by atoms with Crippen molar-refractivity contribution < 1.29 is 8.42 Å². The maximum Gasteiger partial charge on any atom is 0.243 e. The highest BCUT2D eigenvalue weighted by molar-refractivity contribution is 7.89. The fourth-order valence-corrected chi connectivity index (χ4v) is 2.31. The molecule has 1 aromatic heterocycles. The van der Waals surface area contributed by atoms with Crippen molar-refractivity contribution in [3.63, 3.8) is 0 Å². The lowest BCUT2D eigenvalue weighted by atomic mass is 10.4. The largest absolute Gasteiger partial charge is 0.269 e. The van der Waals surface area contributed by atoms with Gasteiger partial charge in [0, 0.05) is 18.3 Å². The van der Waals surface area contributed by atoms with Crippen molar-refractivity contribution in [2.75, 3.05) is 0 Å². The first kappa shape index (κ1) is 12.2. The van der Waals surface area contributed by atoms with Crippen LogP contribution in [0.1, 0.15) is 33.7 Å². The van der Waals surface area contributed by atoms with E-state index >= 15 is 0 Å². The molecule has 86 valence electrons. The Balaban J connectivity index is 2.96. The molecule has 0 saturated carbocycles. The van der Waals surface area contributed by atoms with Gasteiger partial charge in [0.2, 0.25) is 10.0 Å². The van der Waals surface area contributed by atoms with Crippen LogP contribution in [0.25, 0.3) is 0 Å². The molecule has 5 nitrogen and oxygen atoms in total. The van der Waals surface area contributed by atoms with Crippen molar-refractivity contribution in [1.29, 1.82) is 0 Å². The average molecular weight is 231 g/mol. The summed E-state index contributed by atoms with van der Waals surface area (Å²) in [5.74, 6) is 0. The number of hydrogen-bond acceptors (Lipinski definition) is 3. The molecule has 1 N–H and O–H groups in total. The summed E-state index contributed by atoms with van der Waals surface area (Å²) in [7, 11) is -3.41. The minimum Gasteiger partial charge on any atom is -0.269 e. The highest BCUT2D eigenvalue weighted by atomic mass is 32.2. The van der Waals surface area contributed by atoms with Gasteiger partial charge in [0.25, 0.3) is 0 Å². The lowest BCUT2D eigenvalue weighted by molar-refractivity contribution is 0.530. The standard InChI is InChI=1S/C9H17N3O2S/c1-7(2)11-15(13,14)9-5-10-12(6-9)8(3)4/h5-8,11H,1-4H3. The monoisotopic (exact) mass is 231 g/mol. The van der Waals surface area contributed by atoms with Crippen molar-refractivity contribution in [2.24, 2.45) is 0 Å². The molecule has 0 unspecified atom stereocenters. The van der Waals surface area contributed by atoms with Gasteiger partial charge in [0.05, 0.1) is 6.20 Å². The molecule has 1 rings (SSSR count). The van der Waals surface area contributed by atoms with Gasteiger partial charge in [-0.3, -0.25) is 4.68 Å². The summed E-state index contributed by atoms with van der Waals surface area (Å²) in [6.07, 6.45) is 2.90. The van der Waals surface area contributed by atoms with Crippen LogP contribution in [-0.2, 0) is 10.0 Å². The summed E-state index contributed by atoms with van der Waals surface area (Å²) in [5, 5.41) is 3.99. The van der Waals surface area contributed by atoms with E-state index < -0.39 is 10.0 Å². The molecule has 0 bridgehead atoms. The Kier molecular flexibility index (Phi) is 3.51. The number of rotatable bonds is 4. The Labute approximate surface area is 90.5 Å². The van der Waals surface area contributed by atoms with Crippen molar-refractivity contribution in [1.82, 2.24) is 14.5 Å². The van der Waals surface area contributed by atoms with Crippen molar-refractivity contribution in [3.05, 3.63) is 12.4 Å².